The number of pyridine rings is 1. The summed E-state index contributed by atoms with van der Waals surface area (Å²) >= 11 is 0. The van der Waals surface area contributed by atoms with E-state index in [2.05, 4.69) is 4.98 Å². The van der Waals surface area contributed by atoms with Gasteiger partial charge in [-0.05, 0) is 12.1 Å². The van der Waals surface area contributed by atoms with Gasteiger partial charge in [-0.25, -0.2) is 4.79 Å². The fraction of sp³-hybridized carbons (Fsp3) is 0. The third kappa shape index (κ3) is 2.03. The summed E-state index contributed by atoms with van der Waals surface area (Å²) in [5, 5.41) is 18.4. The van der Waals surface area contributed by atoms with Crippen molar-refractivity contribution in [2.75, 3.05) is 0 Å². The van der Waals surface area contributed by atoms with Gasteiger partial charge in [-0.15, -0.1) is 0 Å². The van der Waals surface area contributed by atoms with Gasteiger partial charge in [0.2, 0.25) is 0 Å². The van der Waals surface area contributed by atoms with Gasteiger partial charge >= 0.3 is 5.97 Å². The number of aromatic amines is 1. The fourth-order valence-corrected chi connectivity index (χ4v) is 1.51. The molecule has 0 saturated carbocycles. The molecule has 0 amide bonds. The molecule has 1 aromatic carbocycles. The first-order valence-corrected chi connectivity index (χ1v) is 4.84. The third-order valence-electron chi connectivity index (χ3n) is 2.34. The van der Waals surface area contributed by atoms with Crippen LogP contribution in [0.15, 0.2) is 41.3 Å². The molecule has 5 nitrogen and oxygen atoms in total. The Labute approximate surface area is 96.0 Å². The summed E-state index contributed by atoms with van der Waals surface area (Å²) in [6.45, 7) is 0. The van der Waals surface area contributed by atoms with E-state index >= 15 is 0 Å². The van der Waals surface area contributed by atoms with Gasteiger partial charge in [0, 0.05) is 11.8 Å². The highest BCUT2D eigenvalue weighted by Crippen LogP contribution is 2.26. The van der Waals surface area contributed by atoms with Crippen molar-refractivity contribution in [3.63, 3.8) is 0 Å². The lowest BCUT2D eigenvalue weighted by molar-refractivity contribution is 0.0696. The lowest BCUT2D eigenvalue weighted by Crippen LogP contribution is -2.11. The first-order valence-electron chi connectivity index (χ1n) is 4.84. The molecule has 0 atom stereocenters. The summed E-state index contributed by atoms with van der Waals surface area (Å²) in [5.41, 5.74) is -0.0563. The summed E-state index contributed by atoms with van der Waals surface area (Å²) in [7, 11) is 0. The monoisotopic (exact) mass is 231 g/mol. The van der Waals surface area contributed by atoms with Crippen LogP contribution >= 0.6 is 0 Å². The van der Waals surface area contributed by atoms with Gasteiger partial charge in [-0.3, -0.25) is 4.79 Å². The van der Waals surface area contributed by atoms with Crippen molar-refractivity contribution in [3.8, 4) is 16.9 Å². The Morgan fingerprint density at radius 2 is 1.88 bits per heavy atom. The predicted molar refractivity (Wildman–Crippen MR) is 61.1 cm³/mol. The van der Waals surface area contributed by atoms with Gasteiger partial charge in [-0.2, -0.15) is 0 Å². The van der Waals surface area contributed by atoms with Gasteiger partial charge < -0.3 is 15.2 Å². The number of phenolic OH excluding ortho intramolecular Hbond substituents is 1. The van der Waals surface area contributed by atoms with Gasteiger partial charge in [0.15, 0.2) is 0 Å². The molecule has 0 aliphatic carbocycles. The van der Waals surface area contributed by atoms with Crippen molar-refractivity contribution in [1.29, 1.82) is 0 Å². The van der Waals surface area contributed by atoms with Crippen LogP contribution in [0.3, 0.4) is 0 Å². The SMILES string of the molecule is O=C(O)c1c[nH]c(=O)c(-c2ccccc2O)c1. The molecule has 2 aromatic rings. The number of hydrogen-bond acceptors (Lipinski definition) is 3. The van der Waals surface area contributed by atoms with Crippen LogP contribution in [0, 0.1) is 0 Å². The number of phenols is 1. The van der Waals surface area contributed by atoms with Gasteiger partial charge in [0.25, 0.3) is 5.56 Å². The number of para-hydroxylation sites is 1. The van der Waals surface area contributed by atoms with E-state index in [1.807, 2.05) is 0 Å². The van der Waals surface area contributed by atoms with Gasteiger partial charge in [-0.1, -0.05) is 18.2 Å². The minimum atomic E-state index is -1.14. The number of rotatable bonds is 2. The number of carboxylic acid groups (broad SMARTS) is 1. The molecule has 0 unspecified atom stereocenters. The minimum absolute atomic E-state index is 0.0390. The quantitative estimate of drug-likeness (QED) is 0.729. The van der Waals surface area contributed by atoms with Crippen LogP contribution in [0.1, 0.15) is 10.4 Å². The molecule has 17 heavy (non-hydrogen) atoms. The average molecular weight is 231 g/mol. The van der Waals surface area contributed by atoms with E-state index in [4.69, 9.17) is 5.11 Å². The number of H-pyrrole nitrogens is 1. The normalized spacial score (nSPS) is 10.1. The molecule has 1 heterocycles. The van der Waals surface area contributed by atoms with E-state index in [1.165, 1.54) is 12.1 Å². The number of hydrogen-bond donors (Lipinski definition) is 3. The highest BCUT2D eigenvalue weighted by molar-refractivity contribution is 5.89. The topological polar surface area (TPSA) is 90.4 Å². The van der Waals surface area contributed by atoms with E-state index in [9.17, 15) is 14.7 Å². The smallest absolute Gasteiger partial charge is 0.337 e. The first kappa shape index (κ1) is 10.9. The molecule has 1 aromatic heterocycles. The Morgan fingerprint density at radius 3 is 2.53 bits per heavy atom. The minimum Gasteiger partial charge on any atom is -0.507 e. The number of carbonyl (C=O) groups is 1. The zero-order chi connectivity index (χ0) is 12.4. The maximum atomic E-state index is 11.6. The van der Waals surface area contributed by atoms with Crippen LogP contribution < -0.4 is 5.56 Å². The molecule has 5 heteroatoms. The van der Waals surface area contributed by atoms with Gasteiger partial charge in [0.1, 0.15) is 5.75 Å². The van der Waals surface area contributed by atoms with Crippen LogP contribution in [0.2, 0.25) is 0 Å². The van der Waals surface area contributed by atoms with E-state index in [-0.39, 0.29) is 16.9 Å². The third-order valence-corrected chi connectivity index (χ3v) is 2.34. The van der Waals surface area contributed by atoms with Gasteiger partial charge in [0.05, 0.1) is 11.1 Å². The molecule has 0 bridgehead atoms. The van der Waals surface area contributed by atoms with Crippen molar-refractivity contribution in [2.45, 2.75) is 0 Å². The predicted octanol–water partition coefficient (Wildman–Crippen LogP) is 1.45. The highest BCUT2D eigenvalue weighted by atomic mass is 16.4. The standard InChI is InChI=1S/C12H9NO4/c14-10-4-2-1-3-8(10)9-5-7(12(16)17)6-13-11(9)15/h1-6,14H,(H,13,15)(H,16,17). The molecule has 0 aliphatic heterocycles. The Balaban J connectivity index is 2.67. The second-order valence-corrected chi connectivity index (χ2v) is 3.45. The lowest BCUT2D eigenvalue weighted by atomic mass is 10.0. The second-order valence-electron chi connectivity index (χ2n) is 3.45. The molecule has 86 valence electrons. The molecular weight excluding hydrogens is 222 g/mol. The Morgan fingerprint density at radius 1 is 1.18 bits per heavy atom. The van der Waals surface area contributed by atoms with Crippen LogP contribution in [0.5, 0.6) is 5.75 Å². The Bertz CT molecular complexity index is 630. The van der Waals surface area contributed by atoms with Crippen LogP contribution in [0.25, 0.3) is 11.1 Å². The van der Waals surface area contributed by atoms with Crippen molar-refractivity contribution in [2.24, 2.45) is 0 Å². The van der Waals surface area contributed by atoms with Crippen LogP contribution in [-0.4, -0.2) is 21.2 Å². The number of nitrogens with one attached hydrogen (secondary N) is 1. The number of benzene rings is 1. The summed E-state index contributed by atoms with van der Waals surface area (Å²) in [5.74, 6) is -1.21. The van der Waals surface area contributed by atoms with E-state index < -0.39 is 11.5 Å². The number of aromatic carboxylic acids is 1. The molecule has 0 aliphatic rings. The average Bonchev–Trinajstić information content (AvgIpc) is 2.30. The Kier molecular flexibility index (Phi) is 2.66. The molecule has 2 rings (SSSR count). The molecular formula is C12H9NO4. The number of aromatic hydroxyl groups is 1. The van der Waals surface area contributed by atoms with Crippen LogP contribution in [0.4, 0.5) is 0 Å². The van der Waals surface area contributed by atoms with Crippen molar-refractivity contribution < 1.29 is 15.0 Å². The zero-order valence-corrected chi connectivity index (χ0v) is 8.68. The summed E-state index contributed by atoms with van der Waals surface area (Å²) < 4.78 is 0. The molecule has 0 radical (unpaired) electrons. The highest BCUT2D eigenvalue weighted by Gasteiger charge is 2.11. The largest absolute Gasteiger partial charge is 0.507 e. The van der Waals surface area contributed by atoms with E-state index in [0.717, 1.165) is 6.20 Å². The maximum absolute atomic E-state index is 11.6. The van der Waals surface area contributed by atoms with E-state index in [1.54, 1.807) is 18.2 Å². The summed E-state index contributed by atoms with van der Waals surface area (Å²) in [4.78, 5) is 24.7. The fourth-order valence-electron chi connectivity index (χ4n) is 1.51. The maximum Gasteiger partial charge on any atom is 0.337 e. The van der Waals surface area contributed by atoms with Crippen molar-refractivity contribution in [1.82, 2.24) is 4.98 Å². The summed E-state index contributed by atoms with van der Waals surface area (Å²) in [6, 6.07) is 7.49. The van der Waals surface area contributed by atoms with Crippen molar-refractivity contribution in [3.05, 3.63) is 52.4 Å². The number of carboxylic acids is 1. The van der Waals surface area contributed by atoms with Crippen LogP contribution in [-0.2, 0) is 0 Å². The zero-order valence-electron chi connectivity index (χ0n) is 8.68. The lowest BCUT2D eigenvalue weighted by Gasteiger charge is -2.04. The second kappa shape index (κ2) is 4.13. The number of aromatic nitrogens is 1. The molecule has 0 saturated heterocycles. The molecule has 0 fully saturated rings. The first-order chi connectivity index (χ1) is 8.09. The Hall–Kier alpha value is -2.56. The molecule has 3 N–H and O–H groups in total. The van der Waals surface area contributed by atoms with Crippen molar-refractivity contribution >= 4 is 5.97 Å². The summed E-state index contributed by atoms with van der Waals surface area (Å²) in [6.07, 6.45) is 1.12. The van der Waals surface area contributed by atoms with E-state index in [0.29, 0.717) is 5.56 Å². The molecule has 0 spiro atoms.